The van der Waals surface area contributed by atoms with Crippen molar-refractivity contribution in [3.63, 3.8) is 0 Å². The third-order valence-corrected chi connectivity index (χ3v) is 5.39. The molecule has 7 heteroatoms. The van der Waals surface area contributed by atoms with Crippen LogP contribution in [0.25, 0.3) is 0 Å². The minimum Gasteiger partial charge on any atom is -0.490 e. The van der Waals surface area contributed by atoms with Crippen molar-refractivity contribution in [2.45, 2.75) is 19.4 Å². The number of urea groups is 1. The van der Waals surface area contributed by atoms with E-state index in [2.05, 4.69) is 5.32 Å². The van der Waals surface area contributed by atoms with E-state index in [0.29, 0.717) is 5.69 Å². The number of amides is 2. The van der Waals surface area contributed by atoms with Crippen LogP contribution < -0.4 is 10.1 Å². The molecule has 2 aliphatic rings. The molecule has 0 aromatic heterocycles. The number of benzene rings is 1. The van der Waals surface area contributed by atoms with Gasteiger partial charge in [-0.3, -0.25) is 0 Å². The van der Waals surface area contributed by atoms with Gasteiger partial charge in [0.1, 0.15) is 11.9 Å². The number of fused-ring (bicyclic) bond motifs is 1. The van der Waals surface area contributed by atoms with Crippen LogP contribution in [0, 0.1) is 0 Å². The summed E-state index contributed by atoms with van der Waals surface area (Å²) in [6.45, 7) is 2.50. The highest BCUT2D eigenvalue weighted by atomic mass is 32.2. The first kappa shape index (κ1) is 14.2. The molecule has 114 valence electrons. The van der Waals surface area contributed by atoms with E-state index < -0.39 is 9.84 Å². The number of rotatable bonds is 1. The maximum Gasteiger partial charge on any atom is 0.321 e. The number of sulfone groups is 1. The fraction of sp³-hybridized carbons (Fsp3) is 0.500. The molecule has 1 atom stereocenters. The highest BCUT2D eigenvalue weighted by Gasteiger charge is 2.25. The molecular weight excluding hydrogens is 292 g/mol. The predicted octanol–water partition coefficient (Wildman–Crippen LogP) is 1.27. The zero-order chi connectivity index (χ0) is 15.0. The molecule has 0 unspecified atom stereocenters. The molecule has 6 nitrogen and oxygen atoms in total. The van der Waals surface area contributed by atoms with Gasteiger partial charge in [-0.15, -0.1) is 0 Å². The van der Waals surface area contributed by atoms with Crippen LogP contribution >= 0.6 is 0 Å². The van der Waals surface area contributed by atoms with Crippen LogP contribution in [-0.4, -0.2) is 50.0 Å². The zero-order valence-corrected chi connectivity index (χ0v) is 12.6. The number of carbonyl (C=O) groups excluding carboxylic acids is 1. The average Bonchev–Trinajstić information content (AvgIpc) is 2.78. The molecule has 0 spiro atoms. The molecule has 21 heavy (non-hydrogen) atoms. The van der Waals surface area contributed by atoms with Crippen LogP contribution in [0.3, 0.4) is 0 Å². The number of nitrogens with zero attached hydrogens (tertiary/aromatic N) is 1. The third kappa shape index (κ3) is 3.12. The quantitative estimate of drug-likeness (QED) is 0.847. The van der Waals surface area contributed by atoms with Gasteiger partial charge in [0.15, 0.2) is 9.84 Å². The first-order chi connectivity index (χ1) is 9.93. The minimum absolute atomic E-state index is 0.0377. The van der Waals surface area contributed by atoms with Crippen molar-refractivity contribution in [3.05, 3.63) is 23.8 Å². The van der Waals surface area contributed by atoms with Gasteiger partial charge in [0.05, 0.1) is 11.5 Å². The molecule has 3 rings (SSSR count). The Morgan fingerprint density at radius 3 is 2.76 bits per heavy atom. The highest BCUT2D eigenvalue weighted by Crippen LogP contribution is 2.31. The SMILES string of the molecule is C[C@H]1Cc2cc(NC(=O)N3CCS(=O)(=O)CC3)ccc2O1. The molecule has 1 N–H and O–H groups in total. The second kappa shape index (κ2) is 5.22. The summed E-state index contributed by atoms with van der Waals surface area (Å²) in [6, 6.07) is 5.32. The minimum atomic E-state index is -2.97. The van der Waals surface area contributed by atoms with Gasteiger partial charge >= 0.3 is 6.03 Å². The molecule has 0 saturated carbocycles. The standard InChI is InChI=1S/C14H18N2O4S/c1-10-8-11-9-12(2-3-13(11)20-10)15-14(17)16-4-6-21(18,19)7-5-16/h2-3,9-10H,4-8H2,1H3,(H,15,17)/t10-/m0/s1. The summed E-state index contributed by atoms with van der Waals surface area (Å²) in [7, 11) is -2.97. The predicted molar refractivity (Wildman–Crippen MR) is 79.5 cm³/mol. The van der Waals surface area contributed by atoms with Crippen molar-refractivity contribution in [2.75, 3.05) is 29.9 Å². The second-order valence-electron chi connectivity index (χ2n) is 5.52. The molecule has 0 bridgehead atoms. The Bertz CT molecular complexity index is 658. The maximum atomic E-state index is 12.1. The van der Waals surface area contributed by atoms with Crippen molar-refractivity contribution in [1.82, 2.24) is 4.90 Å². The van der Waals surface area contributed by atoms with E-state index in [-0.39, 0.29) is 36.7 Å². The smallest absolute Gasteiger partial charge is 0.321 e. The van der Waals surface area contributed by atoms with Crippen LogP contribution in [0.4, 0.5) is 10.5 Å². The Balaban J connectivity index is 1.65. The van der Waals surface area contributed by atoms with Crippen LogP contribution in [0.2, 0.25) is 0 Å². The monoisotopic (exact) mass is 310 g/mol. The Kier molecular flexibility index (Phi) is 3.52. The number of hydrogen-bond donors (Lipinski definition) is 1. The summed E-state index contributed by atoms with van der Waals surface area (Å²) in [4.78, 5) is 13.7. The van der Waals surface area contributed by atoms with Crippen LogP contribution in [-0.2, 0) is 16.3 Å². The van der Waals surface area contributed by atoms with Gasteiger partial charge in [-0.25, -0.2) is 13.2 Å². The number of carbonyl (C=O) groups is 1. The van der Waals surface area contributed by atoms with Gasteiger partial charge in [0, 0.05) is 25.2 Å². The molecule has 1 aromatic rings. The first-order valence-corrected chi connectivity index (χ1v) is 8.81. The fourth-order valence-corrected chi connectivity index (χ4v) is 3.82. The van der Waals surface area contributed by atoms with Gasteiger partial charge in [-0.1, -0.05) is 0 Å². The summed E-state index contributed by atoms with van der Waals surface area (Å²) in [5, 5.41) is 2.82. The summed E-state index contributed by atoms with van der Waals surface area (Å²) < 4.78 is 28.3. The molecule has 2 heterocycles. The largest absolute Gasteiger partial charge is 0.490 e. The number of hydrogen-bond acceptors (Lipinski definition) is 4. The van der Waals surface area contributed by atoms with Crippen LogP contribution in [0.15, 0.2) is 18.2 Å². The van der Waals surface area contributed by atoms with Gasteiger partial charge in [0.2, 0.25) is 0 Å². The molecule has 1 saturated heterocycles. The highest BCUT2D eigenvalue weighted by molar-refractivity contribution is 7.91. The third-order valence-electron chi connectivity index (χ3n) is 3.78. The Morgan fingerprint density at radius 1 is 1.33 bits per heavy atom. The van der Waals surface area contributed by atoms with Crippen molar-refractivity contribution in [1.29, 1.82) is 0 Å². The molecular formula is C14H18N2O4S. The lowest BCUT2D eigenvalue weighted by Crippen LogP contribution is -2.45. The number of anilines is 1. The van der Waals surface area contributed by atoms with E-state index in [1.165, 1.54) is 4.90 Å². The fourth-order valence-electron chi connectivity index (χ4n) is 2.62. The second-order valence-corrected chi connectivity index (χ2v) is 7.83. The Morgan fingerprint density at radius 2 is 2.05 bits per heavy atom. The average molecular weight is 310 g/mol. The van der Waals surface area contributed by atoms with E-state index in [9.17, 15) is 13.2 Å². The van der Waals surface area contributed by atoms with Gasteiger partial charge in [-0.2, -0.15) is 0 Å². The number of nitrogens with one attached hydrogen (secondary N) is 1. The van der Waals surface area contributed by atoms with Crippen LogP contribution in [0.1, 0.15) is 12.5 Å². The van der Waals surface area contributed by atoms with E-state index in [4.69, 9.17) is 4.74 Å². The summed E-state index contributed by atoms with van der Waals surface area (Å²) in [6.07, 6.45) is 0.999. The van der Waals surface area contributed by atoms with Gasteiger partial charge in [-0.05, 0) is 30.7 Å². The summed E-state index contributed by atoms with van der Waals surface area (Å²) in [5.74, 6) is 0.941. The molecule has 0 aliphatic carbocycles. The topological polar surface area (TPSA) is 75.7 Å². The van der Waals surface area contributed by atoms with Crippen molar-refractivity contribution >= 4 is 21.6 Å². The molecule has 2 aliphatic heterocycles. The normalized spacial score (nSPS) is 23.3. The lowest BCUT2D eigenvalue weighted by Gasteiger charge is -2.26. The van der Waals surface area contributed by atoms with Crippen LogP contribution in [0.5, 0.6) is 5.75 Å². The molecule has 0 radical (unpaired) electrons. The van der Waals surface area contributed by atoms with E-state index in [0.717, 1.165) is 17.7 Å². The van der Waals surface area contributed by atoms with Gasteiger partial charge in [0.25, 0.3) is 0 Å². The lowest BCUT2D eigenvalue weighted by molar-refractivity contribution is 0.216. The molecule has 1 aromatic carbocycles. The van der Waals surface area contributed by atoms with E-state index in [1.54, 1.807) is 6.07 Å². The van der Waals surface area contributed by atoms with Crippen molar-refractivity contribution in [2.24, 2.45) is 0 Å². The summed E-state index contributed by atoms with van der Waals surface area (Å²) >= 11 is 0. The van der Waals surface area contributed by atoms with E-state index >= 15 is 0 Å². The molecule has 1 fully saturated rings. The lowest BCUT2D eigenvalue weighted by atomic mass is 10.1. The molecule has 2 amide bonds. The van der Waals surface area contributed by atoms with Crippen molar-refractivity contribution in [3.8, 4) is 5.75 Å². The first-order valence-electron chi connectivity index (χ1n) is 6.99. The Labute approximate surface area is 124 Å². The summed E-state index contributed by atoms with van der Waals surface area (Å²) in [5.41, 5.74) is 1.80. The zero-order valence-electron chi connectivity index (χ0n) is 11.8. The maximum absolute atomic E-state index is 12.1. The van der Waals surface area contributed by atoms with Crippen molar-refractivity contribution < 1.29 is 17.9 Å². The van der Waals surface area contributed by atoms with Gasteiger partial charge < -0.3 is 15.0 Å². The van der Waals surface area contributed by atoms with E-state index in [1.807, 2.05) is 19.1 Å². The Hall–Kier alpha value is -1.76. The number of ether oxygens (including phenoxy) is 1.